The topological polar surface area (TPSA) is 73.9 Å². The Morgan fingerprint density at radius 1 is 1.21 bits per heavy atom. The highest BCUT2D eigenvalue weighted by atomic mass is 19.4. The standard InChI is InChI=1S/C15H14F3NO5/c1-9(24-14(21)12-8-22-6-7-23-12)13(20)19-11-4-2-10(3-5-11)15(16,17)18/h2-5,8-9H,6-7H2,1H3,(H,19,20)/t9-/m1/s1. The van der Waals surface area contributed by atoms with Crippen LogP contribution in [-0.4, -0.2) is 31.2 Å². The number of ether oxygens (including phenoxy) is 3. The zero-order valence-corrected chi connectivity index (χ0v) is 12.6. The average molecular weight is 345 g/mol. The molecule has 1 amide bonds. The number of amides is 1. The van der Waals surface area contributed by atoms with E-state index >= 15 is 0 Å². The second-order valence-electron chi connectivity index (χ2n) is 4.81. The first-order valence-corrected chi connectivity index (χ1v) is 6.91. The minimum Gasteiger partial charge on any atom is -0.493 e. The van der Waals surface area contributed by atoms with Crippen LogP contribution in [0, 0.1) is 0 Å². The summed E-state index contributed by atoms with van der Waals surface area (Å²) in [5.41, 5.74) is -0.686. The summed E-state index contributed by atoms with van der Waals surface area (Å²) in [6, 6.07) is 3.89. The highest BCUT2D eigenvalue weighted by Gasteiger charge is 2.30. The Morgan fingerprint density at radius 3 is 2.42 bits per heavy atom. The first-order chi connectivity index (χ1) is 11.3. The van der Waals surface area contributed by atoms with Gasteiger partial charge in [-0.2, -0.15) is 13.2 Å². The SMILES string of the molecule is C[C@@H](OC(=O)C1=COCCO1)C(=O)Nc1ccc(C(F)(F)F)cc1. The quantitative estimate of drug-likeness (QED) is 0.849. The summed E-state index contributed by atoms with van der Waals surface area (Å²) < 4.78 is 52.2. The number of hydrogen-bond donors (Lipinski definition) is 1. The Balaban J connectivity index is 1.91. The number of anilines is 1. The van der Waals surface area contributed by atoms with E-state index in [4.69, 9.17) is 14.2 Å². The molecule has 1 aromatic carbocycles. The van der Waals surface area contributed by atoms with Crippen LogP contribution < -0.4 is 5.32 Å². The van der Waals surface area contributed by atoms with Crippen molar-refractivity contribution in [1.29, 1.82) is 0 Å². The van der Waals surface area contributed by atoms with Crippen molar-refractivity contribution >= 4 is 17.6 Å². The van der Waals surface area contributed by atoms with E-state index in [1.54, 1.807) is 0 Å². The van der Waals surface area contributed by atoms with Gasteiger partial charge in [-0.3, -0.25) is 4.79 Å². The van der Waals surface area contributed by atoms with E-state index in [9.17, 15) is 22.8 Å². The third kappa shape index (κ3) is 4.64. The molecule has 0 aromatic heterocycles. The van der Waals surface area contributed by atoms with Gasteiger partial charge in [0.2, 0.25) is 5.76 Å². The first kappa shape index (κ1) is 17.6. The molecule has 6 nitrogen and oxygen atoms in total. The van der Waals surface area contributed by atoms with Gasteiger partial charge in [-0.25, -0.2) is 4.79 Å². The molecule has 0 aliphatic carbocycles. The largest absolute Gasteiger partial charge is 0.493 e. The molecule has 24 heavy (non-hydrogen) atoms. The molecule has 0 fully saturated rings. The molecule has 1 aliphatic rings. The van der Waals surface area contributed by atoms with Crippen molar-refractivity contribution in [3.63, 3.8) is 0 Å². The minimum absolute atomic E-state index is 0.146. The molecule has 1 N–H and O–H groups in total. The van der Waals surface area contributed by atoms with Gasteiger partial charge in [-0.05, 0) is 31.2 Å². The average Bonchev–Trinajstić information content (AvgIpc) is 2.55. The van der Waals surface area contributed by atoms with Crippen molar-refractivity contribution in [3.8, 4) is 0 Å². The van der Waals surface area contributed by atoms with Crippen LogP contribution in [0.4, 0.5) is 18.9 Å². The van der Waals surface area contributed by atoms with Crippen LogP contribution in [0.5, 0.6) is 0 Å². The normalized spacial score (nSPS) is 15.4. The van der Waals surface area contributed by atoms with Gasteiger partial charge < -0.3 is 19.5 Å². The lowest BCUT2D eigenvalue weighted by atomic mass is 10.2. The zero-order chi connectivity index (χ0) is 17.7. The van der Waals surface area contributed by atoms with Crippen LogP contribution >= 0.6 is 0 Å². The van der Waals surface area contributed by atoms with E-state index in [1.807, 2.05) is 0 Å². The molecule has 130 valence electrons. The molecule has 0 bridgehead atoms. The van der Waals surface area contributed by atoms with Gasteiger partial charge in [-0.15, -0.1) is 0 Å². The molecule has 1 aliphatic heterocycles. The fourth-order valence-corrected chi connectivity index (χ4v) is 1.73. The van der Waals surface area contributed by atoms with Crippen molar-refractivity contribution in [2.75, 3.05) is 18.5 Å². The number of carbonyl (C=O) groups is 2. The van der Waals surface area contributed by atoms with E-state index in [2.05, 4.69) is 5.32 Å². The van der Waals surface area contributed by atoms with Gasteiger partial charge in [0.05, 0.1) is 5.56 Å². The van der Waals surface area contributed by atoms with Crippen LogP contribution in [-0.2, 0) is 30.0 Å². The second kappa shape index (κ2) is 7.24. The third-order valence-electron chi connectivity index (χ3n) is 2.98. The summed E-state index contributed by atoms with van der Waals surface area (Å²) in [7, 11) is 0. The monoisotopic (exact) mass is 345 g/mol. The van der Waals surface area contributed by atoms with Gasteiger partial charge >= 0.3 is 12.1 Å². The van der Waals surface area contributed by atoms with Crippen LogP contribution in [0.3, 0.4) is 0 Å². The van der Waals surface area contributed by atoms with Gasteiger partial charge in [0.1, 0.15) is 19.5 Å². The van der Waals surface area contributed by atoms with Crippen molar-refractivity contribution in [2.45, 2.75) is 19.2 Å². The molecule has 1 heterocycles. The number of halogens is 3. The predicted octanol–water partition coefficient (Wildman–Crippen LogP) is 2.46. The number of carbonyl (C=O) groups excluding carboxylic acids is 2. The lowest BCUT2D eigenvalue weighted by molar-refractivity contribution is -0.153. The number of hydrogen-bond acceptors (Lipinski definition) is 5. The van der Waals surface area contributed by atoms with E-state index in [-0.39, 0.29) is 18.1 Å². The minimum atomic E-state index is -4.46. The molecule has 0 unspecified atom stereocenters. The number of rotatable bonds is 4. The van der Waals surface area contributed by atoms with Crippen molar-refractivity contribution in [2.24, 2.45) is 0 Å². The zero-order valence-electron chi connectivity index (χ0n) is 12.6. The molecule has 1 atom stereocenters. The molecule has 0 spiro atoms. The molecular weight excluding hydrogens is 331 g/mol. The van der Waals surface area contributed by atoms with Crippen LogP contribution in [0.25, 0.3) is 0 Å². The van der Waals surface area contributed by atoms with Gasteiger partial charge in [0.25, 0.3) is 5.91 Å². The van der Waals surface area contributed by atoms with E-state index < -0.39 is 29.7 Å². The van der Waals surface area contributed by atoms with Crippen molar-refractivity contribution in [3.05, 3.63) is 41.9 Å². The number of esters is 1. The Bertz CT molecular complexity index is 640. The Hall–Kier alpha value is -2.71. The lowest BCUT2D eigenvalue weighted by Crippen LogP contribution is -2.31. The van der Waals surface area contributed by atoms with E-state index in [0.29, 0.717) is 6.61 Å². The van der Waals surface area contributed by atoms with Crippen LogP contribution in [0.1, 0.15) is 12.5 Å². The molecule has 0 radical (unpaired) electrons. The van der Waals surface area contributed by atoms with E-state index in [1.165, 1.54) is 6.92 Å². The highest BCUT2D eigenvalue weighted by molar-refractivity contribution is 5.96. The van der Waals surface area contributed by atoms with Crippen LogP contribution in [0.2, 0.25) is 0 Å². The number of nitrogens with one attached hydrogen (secondary N) is 1. The fraction of sp³-hybridized carbons (Fsp3) is 0.333. The van der Waals surface area contributed by atoms with Gasteiger partial charge in [0.15, 0.2) is 6.10 Å². The summed E-state index contributed by atoms with van der Waals surface area (Å²) in [5.74, 6) is -1.72. The maximum Gasteiger partial charge on any atom is 0.416 e. The summed E-state index contributed by atoms with van der Waals surface area (Å²) in [6.07, 6.45) is -4.54. The van der Waals surface area contributed by atoms with E-state index in [0.717, 1.165) is 30.5 Å². The Morgan fingerprint density at radius 2 is 1.88 bits per heavy atom. The lowest BCUT2D eigenvalue weighted by Gasteiger charge is -2.17. The predicted molar refractivity (Wildman–Crippen MR) is 75.6 cm³/mol. The summed E-state index contributed by atoms with van der Waals surface area (Å²) in [4.78, 5) is 23.6. The second-order valence-corrected chi connectivity index (χ2v) is 4.81. The summed E-state index contributed by atoms with van der Waals surface area (Å²) in [5, 5.41) is 2.35. The number of alkyl halides is 3. The summed E-state index contributed by atoms with van der Waals surface area (Å²) in [6.45, 7) is 1.81. The highest BCUT2D eigenvalue weighted by Crippen LogP contribution is 2.29. The fourth-order valence-electron chi connectivity index (χ4n) is 1.73. The first-order valence-electron chi connectivity index (χ1n) is 6.91. The van der Waals surface area contributed by atoms with Gasteiger partial charge in [0, 0.05) is 5.69 Å². The summed E-state index contributed by atoms with van der Waals surface area (Å²) >= 11 is 0. The molecular formula is C15H14F3NO5. The Labute approximate surface area is 135 Å². The van der Waals surface area contributed by atoms with Crippen molar-refractivity contribution < 1.29 is 37.0 Å². The molecule has 9 heteroatoms. The van der Waals surface area contributed by atoms with Crippen LogP contribution in [0.15, 0.2) is 36.3 Å². The number of benzene rings is 1. The molecule has 2 rings (SSSR count). The smallest absolute Gasteiger partial charge is 0.416 e. The molecule has 1 aromatic rings. The molecule has 0 saturated heterocycles. The maximum absolute atomic E-state index is 12.5. The third-order valence-corrected chi connectivity index (χ3v) is 2.98. The van der Waals surface area contributed by atoms with Crippen molar-refractivity contribution in [1.82, 2.24) is 0 Å². The maximum atomic E-state index is 12.5. The Kier molecular flexibility index (Phi) is 5.32. The van der Waals surface area contributed by atoms with Gasteiger partial charge in [-0.1, -0.05) is 0 Å². The molecule has 0 saturated carbocycles.